The molecule has 2 amide bonds. The number of benzene rings is 3. The van der Waals surface area contributed by atoms with Crippen LogP contribution in [0.1, 0.15) is 53.7 Å². The molecule has 3 aromatic carbocycles. The Morgan fingerprint density at radius 2 is 1.68 bits per heavy atom. The number of rotatable bonds is 5. The number of carbonyl (C=O) groups excluding carboxylic acids is 2. The first-order valence-corrected chi connectivity index (χ1v) is 13.9. The Balaban J connectivity index is 1.54. The van der Waals surface area contributed by atoms with E-state index in [4.69, 9.17) is 0 Å². The zero-order valence-electron chi connectivity index (χ0n) is 20.7. The SMILES string of the molecule is O=C1c2cc3ccccc3n2C[C@](C(=O)NC2CCCCC2)(c2ccccc2)N1Cc1cccc(Br)c1. The van der Waals surface area contributed by atoms with Crippen molar-refractivity contribution in [1.29, 1.82) is 0 Å². The van der Waals surface area contributed by atoms with E-state index in [2.05, 4.69) is 21.2 Å². The van der Waals surface area contributed by atoms with Gasteiger partial charge in [-0.3, -0.25) is 9.59 Å². The van der Waals surface area contributed by atoms with Crippen LogP contribution >= 0.6 is 15.9 Å². The first-order valence-electron chi connectivity index (χ1n) is 13.1. The Hall–Kier alpha value is -3.38. The van der Waals surface area contributed by atoms with E-state index in [1.54, 1.807) is 4.90 Å². The van der Waals surface area contributed by atoms with Gasteiger partial charge < -0.3 is 14.8 Å². The molecule has 2 aliphatic rings. The van der Waals surface area contributed by atoms with Crippen molar-refractivity contribution in [2.45, 2.75) is 56.8 Å². The van der Waals surface area contributed by atoms with E-state index in [0.717, 1.165) is 52.2 Å². The lowest BCUT2D eigenvalue weighted by atomic mass is 9.83. The van der Waals surface area contributed by atoms with Crippen molar-refractivity contribution in [2.75, 3.05) is 0 Å². The van der Waals surface area contributed by atoms with Gasteiger partial charge >= 0.3 is 0 Å². The average molecular weight is 557 g/mol. The average Bonchev–Trinajstić information content (AvgIpc) is 3.30. The molecule has 1 atom stereocenters. The monoisotopic (exact) mass is 555 g/mol. The molecule has 0 saturated heterocycles. The number of aromatic nitrogens is 1. The normalized spacial score (nSPS) is 20.1. The summed E-state index contributed by atoms with van der Waals surface area (Å²) in [6, 6.07) is 27.9. The number of halogens is 1. The zero-order valence-corrected chi connectivity index (χ0v) is 22.3. The molecule has 188 valence electrons. The molecule has 6 heteroatoms. The van der Waals surface area contributed by atoms with Gasteiger partial charge in [0.25, 0.3) is 11.8 Å². The van der Waals surface area contributed by atoms with Crippen molar-refractivity contribution in [1.82, 2.24) is 14.8 Å². The molecular weight excluding hydrogens is 526 g/mol. The Morgan fingerprint density at radius 3 is 2.46 bits per heavy atom. The minimum absolute atomic E-state index is 0.0997. The second-order valence-electron chi connectivity index (χ2n) is 10.2. The highest BCUT2D eigenvalue weighted by atomic mass is 79.9. The van der Waals surface area contributed by atoms with E-state index in [0.29, 0.717) is 18.8 Å². The van der Waals surface area contributed by atoms with Crippen LogP contribution in [0.4, 0.5) is 0 Å². The van der Waals surface area contributed by atoms with Gasteiger partial charge in [0, 0.05) is 28.0 Å². The maximum absolute atomic E-state index is 14.5. The molecule has 0 unspecified atom stereocenters. The Kier molecular flexibility index (Phi) is 6.37. The van der Waals surface area contributed by atoms with Crippen LogP contribution in [-0.4, -0.2) is 27.3 Å². The van der Waals surface area contributed by atoms with Gasteiger partial charge in [-0.05, 0) is 48.2 Å². The Bertz CT molecular complexity index is 1460. The largest absolute Gasteiger partial charge is 0.351 e. The highest BCUT2D eigenvalue weighted by Crippen LogP contribution is 2.40. The lowest BCUT2D eigenvalue weighted by Gasteiger charge is -2.47. The van der Waals surface area contributed by atoms with E-state index in [-0.39, 0.29) is 17.9 Å². The van der Waals surface area contributed by atoms with Crippen LogP contribution in [0, 0.1) is 0 Å². The van der Waals surface area contributed by atoms with Gasteiger partial charge in [0.1, 0.15) is 5.69 Å². The minimum Gasteiger partial charge on any atom is -0.351 e. The van der Waals surface area contributed by atoms with Crippen molar-refractivity contribution in [3.8, 4) is 0 Å². The van der Waals surface area contributed by atoms with Crippen molar-refractivity contribution < 1.29 is 9.59 Å². The molecule has 0 radical (unpaired) electrons. The lowest BCUT2D eigenvalue weighted by Crippen LogP contribution is -2.64. The first-order chi connectivity index (χ1) is 18.1. The van der Waals surface area contributed by atoms with Crippen LogP contribution in [0.5, 0.6) is 0 Å². The van der Waals surface area contributed by atoms with Crippen LogP contribution in [0.2, 0.25) is 0 Å². The van der Waals surface area contributed by atoms with Gasteiger partial charge in [-0.1, -0.05) is 95.9 Å². The Labute approximate surface area is 225 Å². The van der Waals surface area contributed by atoms with Crippen molar-refractivity contribution in [3.63, 3.8) is 0 Å². The number of hydrogen-bond donors (Lipinski definition) is 1. The number of nitrogens with zero attached hydrogens (tertiary/aromatic N) is 2. The maximum atomic E-state index is 14.5. The van der Waals surface area contributed by atoms with Gasteiger partial charge in [-0.15, -0.1) is 0 Å². The minimum atomic E-state index is -1.19. The molecule has 5 nitrogen and oxygen atoms in total. The second-order valence-corrected chi connectivity index (χ2v) is 11.1. The van der Waals surface area contributed by atoms with Gasteiger partial charge in [-0.2, -0.15) is 0 Å². The van der Waals surface area contributed by atoms with Crippen molar-refractivity contribution in [2.24, 2.45) is 0 Å². The van der Waals surface area contributed by atoms with Gasteiger partial charge in [0.15, 0.2) is 5.54 Å². The van der Waals surface area contributed by atoms with Gasteiger partial charge in [-0.25, -0.2) is 0 Å². The highest BCUT2D eigenvalue weighted by molar-refractivity contribution is 9.10. The molecule has 2 heterocycles. The van der Waals surface area contributed by atoms with Crippen LogP contribution in [-0.2, 0) is 23.4 Å². The zero-order chi connectivity index (χ0) is 25.4. The summed E-state index contributed by atoms with van der Waals surface area (Å²) in [7, 11) is 0. The third kappa shape index (κ3) is 4.27. The number of carbonyl (C=O) groups is 2. The molecule has 1 N–H and O–H groups in total. The number of fused-ring (bicyclic) bond motifs is 3. The summed E-state index contributed by atoms with van der Waals surface area (Å²) in [5.74, 6) is -0.234. The number of amides is 2. The third-order valence-corrected chi connectivity index (χ3v) is 8.41. The molecule has 4 aromatic rings. The lowest BCUT2D eigenvalue weighted by molar-refractivity contribution is -0.136. The second kappa shape index (κ2) is 9.82. The van der Waals surface area contributed by atoms with Crippen LogP contribution < -0.4 is 5.32 Å². The predicted octanol–water partition coefficient (Wildman–Crippen LogP) is 6.40. The summed E-state index contributed by atoms with van der Waals surface area (Å²) in [6.07, 6.45) is 5.41. The quantitative estimate of drug-likeness (QED) is 0.309. The smallest absolute Gasteiger partial charge is 0.272 e. The number of nitrogens with one attached hydrogen (secondary N) is 1. The molecule has 1 saturated carbocycles. The number of para-hydroxylation sites is 1. The molecule has 0 spiro atoms. The summed E-state index contributed by atoms with van der Waals surface area (Å²) in [4.78, 5) is 30.7. The van der Waals surface area contributed by atoms with Gasteiger partial charge in [0.05, 0.1) is 6.54 Å². The molecule has 1 aliphatic carbocycles. The first kappa shape index (κ1) is 24.0. The van der Waals surface area contributed by atoms with E-state index >= 15 is 0 Å². The maximum Gasteiger partial charge on any atom is 0.272 e. The summed E-state index contributed by atoms with van der Waals surface area (Å²) >= 11 is 3.57. The summed E-state index contributed by atoms with van der Waals surface area (Å²) < 4.78 is 2.99. The van der Waals surface area contributed by atoms with E-state index in [9.17, 15) is 9.59 Å². The van der Waals surface area contributed by atoms with Crippen LogP contribution in [0.3, 0.4) is 0 Å². The predicted molar refractivity (Wildman–Crippen MR) is 149 cm³/mol. The molecule has 6 rings (SSSR count). The standard InChI is InChI=1S/C31H30BrN3O2/c32-25-14-9-10-22(18-25)20-35-29(36)28-19-23-11-7-8-17-27(23)34(28)21-31(35,24-12-3-1-4-13-24)30(37)33-26-15-5-2-6-16-26/h1,3-4,7-14,17-19,26H,2,5-6,15-16,20-21H2,(H,33,37)/t31-/m1/s1. The summed E-state index contributed by atoms with van der Waals surface area (Å²) in [5.41, 5.74) is 2.20. The fraction of sp³-hybridized carbons (Fsp3) is 0.290. The highest BCUT2D eigenvalue weighted by Gasteiger charge is 2.52. The van der Waals surface area contributed by atoms with Gasteiger partial charge in [0.2, 0.25) is 0 Å². The van der Waals surface area contributed by atoms with Crippen LogP contribution in [0.15, 0.2) is 89.4 Å². The van der Waals surface area contributed by atoms with Crippen molar-refractivity contribution >= 4 is 38.6 Å². The van der Waals surface area contributed by atoms with Crippen LogP contribution in [0.25, 0.3) is 10.9 Å². The molecule has 1 fully saturated rings. The molecule has 0 bridgehead atoms. The van der Waals surface area contributed by atoms with E-state index in [1.165, 1.54) is 6.42 Å². The summed E-state index contributed by atoms with van der Waals surface area (Å²) in [5, 5.41) is 4.40. The number of hydrogen-bond acceptors (Lipinski definition) is 2. The third-order valence-electron chi connectivity index (χ3n) is 7.92. The fourth-order valence-corrected chi connectivity index (χ4v) is 6.49. The molecule has 1 aliphatic heterocycles. The molecular formula is C31H30BrN3O2. The van der Waals surface area contributed by atoms with E-state index in [1.807, 2.05) is 89.5 Å². The van der Waals surface area contributed by atoms with Crippen molar-refractivity contribution in [3.05, 3.63) is 106 Å². The molecule has 1 aromatic heterocycles. The van der Waals surface area contributed by atoms with E-state index < -0.39 is 5.54 Å². The Morgan fingerprint density at radius 1 is 0.919 bits per heavy atom. The molecule has 37 heavy (non-hydrogen) atoms. The summed E-state index contributed by atoms with van der Waals surface area (Å²) in [6.45, 7) is 0.685. The topological polar surface area (TPSA) is 54.3 Å². The fourth-order valence-electron chi connectivity index (χ4n) is 6.05.